The first-order valence-corrected chi connectivity index (χ1v) is 8.12. The number of hydrogen-bond donors (Lipinski definition) is 2. The van der Waals surface area contributed by atoms with Crippen LogP contribution in [-0.4, -0.2) is 20.7 Å². The Morgan fingerprint density at radius 3 is 2.77 bits per heavy atom. The average Bonchev–Trinajstić information content (AvgIpc) is 3.07. The van der Waals surface area contributed by atoms with E-state index in [2.05, 4.69) is 21.5 Å². The molecule has 2 heterocycles. The van der Waals surface area contributed by atoms with Crippen LogP contribution >= 0.6 is 0 Å². The van der Waals surface area contributed by atoms with Crippen molar-refractivity contribution in [1.82, 2.24) is 14.8 Å². The normalized spacial score (nSPS) is 10.3. The van der Waals surface area contributed by atoms with Crippen molar-refractivity contribution in [3.63, 3.8) is 0 Å². The molecule has 26 heavy (non-hydrogen) atoms. The van der Waals surface area contributed by atoms with Crippen molar-refractivity contribution in [3.8, 4) is 28.6 Å². The van der Waals surface area contributed by atoms with Gasteiger partial charge in [0, 0.05) is 36.5 Å². The van der Waals surface area contributed by atoms with E-state index in [0.717, 1.165) is 5.56 Å². The van der Waals surface area contributed by atoms with Gasteiger partial charge in [-0.15, -0.1) is 0 Å². The zero-order valence-electron chi connectivity index (χ0n) is 14.5. The monoisotopic (exact) mass is 346 g/mol. The molecule has 1 aromatic carbocycles. The highest BCUT2D eigenvalue weighted by Crippen LogP contribution is 2.31. The van der Waals surface area contributed by atoms with Crippen molar-refractivity contribution in [3.05, 3.63) is 48.2 Å². The molecule has 0 saturated carbocycles. The molecule has 0 radical (unpaired) electrons. The molecule has 7 heteroatoms. The summed E-state index contributed by atoms with van der Waals surface area (Å²) in [4.78, 5) is 16.0. The van der Waals surface area contributed by atoms with Crippen LogP contribution in [0.4, 0.5) is 11.5 Å². The van der Waals surface area contributed by atoms with Crippen molar-refractivity contribution in [2.45, 2.75) is 13.3 Å². The van der Waals surface area contributed by atoms with Gasteiger partial charge in [0.1, 0.15) is 17.5 Å². The molecular weight excluding hydrogens is 328 g/mol. The summed E-state index contributed by atoms with van der Waals surface area (Å²) >= 11 is 0. The molecule has 0 unspecified atom stereocenters. The Labute approximate surface area is 151 Å². The number of anilines is 2. The fourth-order valence-corrected chi connectivity index (χ4v) is 2.60. The van der Waals surface area contributed by atoms with Gasteiger partial charge in [-0.05, 0) is 24.3 Å². The molecule has 0 spiro atoms. The maximum absolute atomic E-state index is 11.6. The molecule has 0 atom stereocenters. The van der Waals surface area contributed by atoms with Gasteiger partial charge in [0.15, 0.2) is 0 Å². The number of nitrogen functional groups attached to an aromatic ring is 1. The fourth-order valence-electron chi connectivity index (χ4n) is 2.60. The van der Waals surface area contributed by atoms with E-state index in [4.69, 9.17) is 5.73 Å². The molecule has 3 rings (SSSR count). The first-order valence-electron chi connectivity index (χ1n) is 8.12. The summed E-state index contributed by atoms with van der Waals surface area (Å²) < 4.78 is 1.66. The van der Waals surface area contributed by atoms with Crippen LogP contribution in [0.2, 0.25) is 0 Å². The highest BCUT2D eigenvalue weighted by atomic mass is 16.1. The third-order valence-corrected chi connectivity index (χ3v) is 3.91. The van der Waals surface area contributed by atoms with E-state index >= 15 is 0 Å². The number of aryl methyl sites for hydroxylation is 1. The molecule has 0 aliphatic heterocycles. The highest BCUT2D eigenvalue weighted by Gasteiger charge is 2.15. The second-order valence-electron chi connectivity index (χ2n) is 5.78. The van der Waals surface area contributed by atoms with Crippen LogP contribution < -0.4 is 11.1 Å². The minimum atomic E-state index is -0.0661. The number of nitrogens with zero attached hydrogens (tertiary/aromatic N) is 4. The molecule has 130 valence electrons. The van der Waals surface area contributed by atoms with Crippen LogP contribution in [0.15, 0.2) is 42.6 Å². The number of amides is 1. The van der Waals surface area contributed by atoms with Gasteiger partial charge < -0.3 is 11.1 Å². The van der Waals surface area contributed by atoms with Crippen molar-refractivity contribution in [1.29, 1.82) is 5.26 Å². The number of nitriles is 1. The van der Waals surface area contributed by atoms with Crippen molar-refractivity contribution >= 4 is 17.4 Å². The molecule has 0 bridgehead atoms. The van der Waals surface area contributed by atoms with E-state index in [1.807, 2.05) is 30.3 Å². The van der Waals surface area contributed by atoms with Gasteiger partial charge in [0.25, 0.3) is 0 Å². The number of hydrogen-bond acceptors (Lipinski definition) is 5. The number of aromatic nitrogens is 3. The summed E-state index contributed by atoms with van der Waals surface area (Å²) in [6.45, 7) is 1.79. The van der Waals surface area contributed by atoms with E-state index in [1.54, 1.807) is 30.9 Å². The number of rotatable bonds is 4. The molecule has 7 nitrogen and oxygen atoms in total. The van der Waals surface area contributed by atoms with Gasteiger partial charge in [0.2, 0.25) is 5.91 Å². The number of pyridine rings is 1. The Balaban J connectivity index is 2.09. The Morgan fingerprint density at radius 1 is 1.31 bits per heavy atom. The summed E-state index contributed by atoms with van der Waals surface area (Å²) in [5, 5.41) is 16.6. The predicted octanol–water partition coefficient (Wildman–Crippen LogP) is 2.95. The van der Waals surface area contributed by atoms with E-state index in [0.29, 0.717) is 34.6 Å². The molecule has 0 saturated heterocycles. The first kappa shape index (κ1) is 17.2. The van der Waals surface area contributed by atoms with E-state index in [9.17, 15) is 10.1 Å². The minimum Gasteiger partial charge on any atom is -0.383 e. The van der Waals surface area contributed by atoms with Gasteiger partial charge in [-0.25, -0.2) is 4.98 Å². The van der Waals surface area contributed by atoms with Crippen LogP contribution in [0.5, 0.6) is 0 Å². The molecule has 0 aliphatic rings. The number of carbonyl (C=O) groups is 1. The van der Waals surface area contributed by atoms with E-state index in [-0.39, 0.29) is 11.7 Å². The standard InChI is InChI=1S/C19H18N6O/c1-3-18(26)22-13-6-4-5-12(9-13)17-10-14(15(11-20)19(21)23-17)16-7-8-25(2)24-16/h4-10H,3H2,1-2H3,(H2,21,23)(H,22,26). The van der Waals surface area contributed by atoms with E-state index in [1.165, 1.54) is 0 Å². The van der Waals surface area contributed by atoms with Crippen LogP contribution in [0.25, 0.3) is 22.5 Å². The quantitative estimate of drug-likeness (QED) is 0.755. The summed E-state index contributed by atoms with van der Waals surface area (Å²) in [5.74, 6) is 0.0808. The maximum atomic E-state index is 11.6. The highest BCUT2D eigenvalue weighted by molar-refractivity contribution is 5.91. The SMILES string of the molecule is CCC(=O)Nc1cccc(-c2cc(-c3ccn(C)n3)c(C#N)c(N)n2)c1. The zero-order chi connectivity index (χ0) is 18.7. The molecule has 3 N–H and O–H groups in total. The predicted molar refractivity (Wildman–Crippen MR) is 99.9 cm³/mol. The maximum Gasteiger partial charge on any atom is 0.224 e. The van der Waals surface area contributed by atoms with E-state index < -0.39 is 0 Å². The number of nitrogens with two attached hydrogens (primary N) is 1. The van der Waals surface area contributed by atoms with Gasteiger partial charge in [-0.3, -0.25) is 9.48 Å². The number of nitrogens with one attached hydrogen (secondary N) is 1. The Hall–Kier alpha value is -3.66. The fraction of sp³-hybridized carbons (Fsp3) is 0.158. The largest absolute Gasteiger partial charge is 0.383 e. The first-order chi connectivity index (χ1) is 12.5. The van der Waals surface area contributed by atoms with Gasteiger partial charge in [-0.2, -0.15) is 10.4 Å². The number of benzene rings is 1. The lowest BCUT2D eigenvalue weighted by Crippen LogP contribution is -2.09. The Bertz CT molecular complexity index is 1020. The van der Waals surface area contributed by atoms with Crippen molar-refractivity contribution < 1.29 is 4.79 Å². The van der Waals surface area contributed by atoms with Gasteiger partial charge in [-0.1, -0.05) is 19.1 Å². The second kappa shape index (κ2) is 7.07. The van der Waals surface area contributed by atoms with Crippen LogP contribution in [0.3, 0.4) is 0 Å². The lowest BCUT2D eigenvalue weighted by atomic mass is 10.0. The molecule has 1 amide bonds. The number of carbonyl (C=O) groups excluding carboxylic acids is 1. The van der Waals surface area contributed by atoms with Crippen molar-refractivity contribution in [2.24, 2.45) is 7.05 Å². The van der Waals surface area contributed by atoms with Crippen molar-refractivity contribution in [2.75, 3.05) is 11.1 Å². The zero-order valence-corrected chi connectivity index (χ0v) is 14.5. The molecule has 2 aromatic heterocycles. The third-order valence-electron chi connectivity index (χ3n) is 3.91. The summed E-state index contributed by atoms with van der Waals surface area (Å²) in [7, 11) is 1.81. The third kappa shape index (κ3) is 3.39. The minimum absolute atomic E-state index is 0.0661. The van der Waals surface area contributed by atoms with Crippen LogP contribution in [0, 0.1) is 11.3 Å². The molecule has 0 fully saturated rings. The average molecular weight is 346 g/mol. The Kier molecular flexibility index (Phi) is 4.67. The smallest absolute Gasteiger partial charge is 0.224 e. The lowest BCUT2D eigenvalue weighted by Gasteiger charge is -2.10. The molecule has 3 aromatic rings. The van der Waals surface area contributed by atoms with Crippen LogP contribution in [-0.2, 0) is 11.8 Å². The molecule has 0 aliphatic carbocycles. The van der Waals surface area contributed by atoms with Gasteiger partial charge in [0.05, 0.1) is 11.4 Å². The topological polar surface area (TPSA) is 110 Å². The van der Waals surface area contributed by atoms with Crippen LogP contribution in [0.1, 0.15) is 18.9 Å². The summed E-state index contributed by atoms with van der Waals surface area (Å²) in [5.41, 5.74) is 9.65. The van der Waals surface area contributed by atoms with Gasteiger partial charge >= 0.3 is 0 Å². The summed E-state index contributed by atoms with van der Waals surface area (Å²) in [6.07, 6.45) is 2.20. The second-order valence-corrected chi connectivity index (χ2v) is 5.78. The Morgan fingerprint density at radius 2 is 2.12 bits per heavy atom. The molecular formula is C19H18N6O. The lowest BCUT2D eigenvalue weighted by molar-refractivity contribution is -0.115. The summed E-state index contributed by atoms with van der Waals surface area (Å²) in [6, 6.07) is 13.0.